The van der Waals surface area contributed by atoms with Gasteiger partial charge in [0.15, 0.2) is 17.5 Å². The summed E-state index contributed by atoms with van der Waals surface area (Å²) < 4.78 is 5.02. The van der Waals surface area contributed by atoms with E-state index in [2.05, 4.69) is 4.99 Å². The van der Waals surface area contributed by atoms with Crippen LogP contribution in [-0.2, 0) is 4.79 Å². The molecule has 18 heavy (non-hydrogen) atoms. The van der Waals surface area contributed by atoms with Gasteiger partial charge in [0.05, 0.1) is 7.11 Å². The average Bonchev–Trinajstić information content (AvgIpc) is 3.09. The maximum atomic E-state index is 11.6. The van der Waals surface area contributed by atoms with Crippen molar-refractivity contribution < 1.29 is 14.6 Å². The summed E-state index contributed by atoms with van der Waals surface area (Å²) in [5.74, 6) is -0.126. The molecule has 0 bridgehead atoms. The van der Waals surface area contributed by atoms with E-state index in [0.717, 1.165) is 5.56 Å². The first kappa shape index (κ1) is 12.2. The number of amides is 1. The van der Waals surface area contributed by atoms with E-state index in [1.165, 1.54) is 7.11 Å². The van der Waals surface area contributed by atoms with Crippen molar-refractivity contribution in [3.63, 3.8) is 0 Å². The Morgan fingerprint density at radius 2 is 2.22 bits per heavy atom. The Morgan fingerprint density at radius 3 is 2.83 bits per heavy atom. The summed E-state index contributed by atoms with van der Waals surface area (Å²) >= 11 is 0. The zero-order chi connectivity index (χ0) is 13.3. The lowest BCUT2D eigenvalue weighted by Crippen LogP contribution is -2.24. The molecule has 0 heterocycles. The number of benzene rings is 1. The van der Waals surface area contributed by atoms with Crippen LogP contribution >= 0.6 is 0 Å². The minimum absolute atomic E-state index is 0.0778. The van der Waals surface area contributed by atoms with Crippen molar-refractivity contribution in [3.8, 4) is 11.5 Å². The predicted molar refractivity (Wildman–Crippen MR) is 66.3 cm³/mol. The summed E-state index contributed by atoms with van der Waals surface area (Å²) in [5.41, 5.74) is 11.3. The number of guanidine groups is 1. The molecule has 2 unspecified atom stereocenters. The molecular formula is C12H15N3O3. The standard InChI is InChI=1S/C12H15N3O3/c1-18-10-4-6(2-3-9(10)16)7-5-8(7)11(17)15-12(13)14/h2-4,7-8,16H,5H2,1H3,(H4,13,14,15,17). The first-order valence-electron chi connectivity index (χ1n) is 5.53. The fourth-order valence-corrected chi connectivity index (χ4v) is 1.97. The summed E-state index contributed by atoms with van der Waals surface area (Å²) in [6.07, 6.45) is 0.712. The summed E-state index contributed by atoms with van der Waals surface area (Å²) in [6.45, 7) is 0. The number of phenolic OH excluding ortho intramolecular Hbond substituents is 1. The van der Waals surface area contributed by atoms with Crippen LogP contribution in [0.15, 0.2) is 23.2 Å². The number of aromatic hydroxyl groups is 1. The number of carbonyl (C=O) groups is 1. The number of hydrogen-bond donors (Lipinski definition) is 3. The van der Waals surface area contributed by atoms with Crippen molar-refractivity contribution in [2.45, 2.75) is 12.3 Å². The van der Waals surface area contributed by atoms with E-state index in [-0.39, 0.29) is 29.5 Å². The van der Waals surface area contributed by atoms with Crippen LogP contribution in [0.5, 0.6) is 11.5 Å². The normalized spacial score (nSPS) is 21.2. The monoisotopic (exact) mass is 249 g/mol. The summed E-state index contributed by atoms with van der Waals surface area (Å²) in [6, 6.07) is 5.04. The van der Waals surface area contributed by atoms with Crippen molar-refractivity contribution in [1.29, 1.82) is 0 Å². The van der Waals surface area contributed by atoms with Gasteiger partial charge in [-0.05, 0) is 30.0 Å². The van der Waals surface area contributed by atoms with Crippen LogP contribution in [0.2, 0.25) is 0 Å². The smallest absolute Gasteiger partial charge is 0.252 e. The van der Waals surface area contributed by atoms with Gasteiger partial charge in [-0.2, -0.15) is 4.99 Å². The number of phenols is 1. The molecule has 6 nitrogen and oxygen atoms in total. The molecule has 1 aromatic carbocycles. The van der Waals surface area contributed by atoms with Gasteiger partial charge in [-0.3, -0.25) is 4.79 Å². The third-order valence-electron chi connectivity index (χ3n) is 2.98. The van der Waals surface area contributed by atoms with E-state index in [1.54, 1.807) is 18.2 Å². The van der Waals surface area contributed by atoms with Gasteiger partial charge in [0.25, 0.3) is 5.91 Å². The molecule has 1 fully saturated rings. The van der Waals surface area contributed by atoms with Crippen LogP contribution < -0.4 is 16.2 Å². The number of carbonyl (C=O) groups excluding carboxylic acids is 1. The third kappa shape index (κ3) is 2.37. The van der Waals surface area contributed by atoms with Gasteiger partial charge in [-0.25, -0.2) is 0 Å². The second-order valence-electron chi connectivity index (χ2n) is 4.25. The Labute approximate surface area is 104 Å². The quantitative estimate of drug-likeness (QED) is 0.527. The van der Waals surface area contributed by atoms with Crippen molar-refractivity contribution in [2.24, 2.45) is 22.4 Å². The lowest BCUT2D eigenvalue weighted by Gasteiger charge is -2.05. The molecule has 1 saturated carbocycles. The Balaban J connectivity index is 2.12. The first-order chi connectivity index (χ1) is 8.52. The number of rotatable bonds is 3. The number of aliphatic imine (C=N–C) groups is 1. The highest BCUT2D eigenvalue weighted by Gasteiger charge is 2.44. The predicted octanol–water partition coefficient (Wildman–Crippen LogP) is 0.304. The van der Waals surface area contributed by atoms with Crippen molar-refractivity contribution in [2.75, 3.05) is 7.11 Å². The Kier molecular flexibility index (Phi) is 3.10. The number of ether oxygens (including phenoxy) is 1. The van der Waals surface area contributed by atoms with Crippen LogP contribution in [-0.4, -0.2) is 24.1 Å². The lowest BCUT2D eigenvalue weighted by atomic mass is 10.1. The molecule has 5 N–H and O–H groups in total. The van der Waals surface area contributed by atoms with E-state index < -0.39 is 0 Å². The van der Waals surface area contributed by atoms with Gasteiger partial charge in [0.1, 0.15) is 0 Å². The zero-order valence-electron chi connectivity index (χ0n) is 9.96. The molecule has 1 aliphatic rings. The van der Waals surface area contributed by atoms with Gasteiger partial charge in [0, 0.05) is 5.92 Å². The molecule has 1 amide bonds. The fraction of sp³-hybridized carbons (Fsp3) is 0.333. The maximum Gasteiger partial charge on any atom is 0.252 e. The minimum Gasteiger partial charge on any atom is -0.504 e. The van der Waals surface area contributed by atoms with Crippen LogP contribution in [0.3, 0.4) is 0 Å². The van der Waals surface area contributed by atoms with Gasteiger partial charge in [-0.15, -0.1) is 0 Å². The maximum absolute atomic E-state index is 11.6. The van der Waals surface area contributed by atoms with Crippen molar-refractivity contribution >= 4 is 11.9 Å². The minimum atomic E-state index is -0.299. The second-order valence-corrected chi connectivity index (χ2v) is 4.25. The van der Waals surface area contributed by atoms with Crippen LogP contribution in [0, 0.1) is 5.92 Å². The van der Waals surface area contributed by atoms with E-state index in [9.17, 15) is 9.90 Å². The van der Waals surface area contributed by atoms with Gasteiger partial charge in [-0.1, -0.05) is 6.07 Å². The zero-order valence-corrected chi connectivity index (χ0v) is 9.96. The molecule has 0 aromatic heterocycles. The summed E-state index contributed by atoms with van der Waals surface area (Å²) in [4.78, 5) is 15.1. The second kappa shape index (κ2) is 4.56. The molecule has 96 valence electrons. The molecule has 0 saturated heterocycles. The molecule has 2 rings (SSSR count). The van der Waals surface area contributed by atoms with E-state index in [4.69, 9.17) is 16.2 Å². The van der Waals surface area contributed by atoms with E-state index in [1.807, 2.05) is 0 Å². The average molecular weight is 249 g/mol. The molecule has 2 atom stereocenters. The number of hydrogen-bond acceptors (Lipinski definition) is 3. The molecule has 0 spiro atoms. The SMILES string of the molecule is COc1cc(C2CC2C(=O)N=C(N)N)ccc1O. The van der Waals surface area contributed by atoms with Crippen molar-refractivity contribution in [3.05, 3.63) is 23.8 Å². The highest BCUT2D eigenvalue weighted by molar-refractivity contribution is 5.94. The molecule has 1 aromatic rings. The lowest BCUT2D eigenvalue weighted by molar-refractivity contribution is -0.119. The first-order valence-corrected chi connectivity index (χ1v) is 5.53. The molecule has 1 aliphatic carbocycles. The third-order valence-corrected chi connectivity index (χ3v) is 2.98. The summed E-state index contributed by atoms with van der Waals surface area (Å²) in [5, 5.41) is 9.48. The van der Waals surface area contributed by atoms with E-state index in [0.29, 0.717) is 12.2 Å². The summed E-state index contributed by atoms with van der Waals surface area (Å²) in [7, 11) is 1.48. The number of methoxy groups -OCH3 is 1. The largest absolute Gasteiger partial charge is 0.504 e. The van der Waals surface area contributed by atoms with Crippen molar-refractivity contribution in [1.82, 2.24) is 0 Å². The molecule has 0 radical (unpaired) electrons. The molecule has 0 aliphatic heterocycles. The van der Waals surface area contributed by atoms with Crippen LogP contribution in [0.1, 0.15) is 17.9 Å². The molecular weight excluding hydrogens is 234 g/mol. The Bertz CT molecular complexity index is 509. The van der Waals surface area contributed by atoms with Gasteiger partial charge >= 0.3 is 0 Å². The highest BCUT2D eigenvalue weighted by atomic mass is 16.5. The fourth-order valence-electron chi connectivity index (χ4n) is 1.97. The van der Waals surface area contributed by atoms with Gasteiger partial charge in [0.2, 0.25) is 0 Å². The topological polar surface area (TPSA) is 111 Å². The number of nitrogens with zero attached hydrogens (tertiary/aromatic N) is 1. The van der Waals surface area contributed by atoms with Crippen LogP contribution in [0.25, 0.3) is 0 Å². The Hall–Kier alpha value is -2.24. The highest BCUT2D eigenvalue weighted by Crippen LogP contribution is 2.49. The number of nitrogens with two attached hydrogens (primary N) is 2. The van der Waals surface area contributed by atoms with E-state index >= 15 is 0 Å². The van der Waals surface area contributed by atoms with Gasteiger partial charge < -0.3 is 21.3 Å². The molecule has 6 heteroatoms. The Morgan fingerprint density at radius 1 is 1.50 bits per heavy atom. The van der Waals surface area contributed by atoms with Crippen LogP contribution in [0.4, 0.5) is 0 Å².